The fourth-order valence-corrected chi connectivity index (χ4v) is 2.43. The number of carbonyl (C=O) groups is 1. The molecule has 2 aromatic rings. The van der Waals surface area contributed by atoms with Crippen LogP contribution in [0.25, 0.3) is 10.9 Å². The van der Waals surface area contributed by atoms with Gasteiger partial charge in [0, 0.05) is 16.9 Å². The number of fused-ring (bicyclic) bond motifs is 1. The lowest BCUT2D eigenvalue weighted by Gasteiger charge is -2.13. The lowest BCUT2D eigenvalue weighted by Crippen LogP contribution is -2.32. The molecular formula is C17H23FN2O. The van der Waals surface area contributed by atoms with Crippen molar-refractivity contribution in [2.45, 2.75) is 46.1 Å². The molecule has 2 N–H and O–H groups in total. The van der Waals surface area contributed by atoms with Gasteiger partial charge in [-0.3, -0.25) is 4.79 Å². The van der Waals surface area contributed by atoms with Crippen molar-refractivity contribution in [1.82, 2.24) is 10.3 Å². The molecule has 0 spiro atoms. The minimum atomic E-state index is -0.296. The first-order valence-electron chi connectivity index (χ1n) is 7.55. The van der Waals surface area contributed by atoms with Gasteiger partial charge in [0.2, 0.25) is 0 Å². The maximum absolute atomic E-state index is 13.1. The number of benzene rings is 1. The number of carbonyl (C=O) groups excluding carboxylic acids is 1. The molecule has 2 rings (SSSR count). The van der Waals surface area contributed by atoms with Crippen molar-refractivity contribution in [2.24, 2.45) is 5.92 Å². The summed E-state index contributed by atoms with van der Waals surface area (Å²) in [7, 11) is 0. The average molecular weight is 290 g/mol. The van der Waals surface area contributed by atoms with Gasteiger partial charge < -0.3 is 10.3 Å². The standard InChI is InChI=1S/C17H23FN2O/c1-11(2)5-4-6-12(3)19-17(21)16-10-13-9-14(18)7-8-15(13)20-16/h7-12,20H,4-6H2,1-3H3,(H,19,21)/t12-/m1/s1. The van der Waals surface area contributed by atoms with E-state index in [-0.39, 0.29) is 17.8 Å². The molecule has 0 aliphatic rings. The molecule has 0 unspecified atom stereocenters. The molecule has 0 saturated heterocycles. The molecule has 0 fully saturated rings. The highest BCUT2D eigenvalue weighted by Gasteiger charge is 2.12. The van der Waals surface area contributed by atoms with Gasteiger partial charge in [-0.2, -0.15) is 0 Å². The monoisotopic (exact) mass is 290 g/mol. The number of H-pyrrole nitrogens is 1. The highest BCUT2D eigenvalue weighted by Crippen LogP contribution is 2.17. The first-order chi connectivity index (χ1) is 9.95. The molecule has 3 nitrogen and oxygen atoms in total. The maximum atomic E-state index is 13.1. The predicted molar refractivity (Wildman–Crippen MR) is 83.9 cm³/mol. The molecule has 0 saturated carbocycles. The molecule has 1 aromatic carbocycles. The molecule has 1 aromatic heterocycles. The second-order valence-electron chi connectivity index (χ2n) is 6.11. The van der Waals surface area contributed by atoms with E-state index in [0.29, 0.717) is 17.0 Å². The van der Waals surface area contributed by atoms with E-state index < -0.39 is 0 Å². The molecule has 4 heteroatoms. The van der Waals surface area contributed by atoms with Crippen LogP contribution in [-0.2, 0) is 0 Å². The van der Waals surface area contributed by atoms with Gasteiger partial charge in [-0.15, -0.1) is 0 Å². The van der Waals surface area contributed by atoms with Gasteiger partial charge in [0.25, 0.3) is 5.91 Å². The van der Waals surface area contributed by atoms with Crippen LogP contribution in [0, 0.1) is 11.7 Å². The van der Waals surface area contributed by atoms with Gasteiger partial charge in [-0.05, 0) is 43.5 Å². The molecule has 1 heterocycles. The lowest BCUT2D eigenvalue weighted by molar-refractivity contribution is 0.0933. The largest absolute Gasteiger partial charge is 0.351 e. The summed E-state index contributed by atoms with van der Waals surface area (Å²) >= 11 is 0. The molecule has 21 heavy (non-hydrogen) atoms. The number of rotatable bonds is 6. The van der Waals surface area contributed by atoms with Crippen molar-refractivity contribution < 1.29 is 9.18 Å². The Morgan fingerprint density at radius 3 is 2.71 bits per heavy atom. The highest BCUT2D eigenvalue weighted by molar-refractivity contribution is 5.98. The van der Waals surface area contributed by atoms with Crippen LogP contribution >= 0.6 is 0 Å². The second-order valence-corrected chi connectivity index (χ2v) is 6.11. The van der Waals surface area contributed by atoms with Crippen molar-refractivity contribution in [3.8, 4) is 0 Å². The number of hydrogen-bond acceptors (Lipinski definition) is 1. The van der Waals surface area contributed by atoms with Gasteiger partial charge in [-0.1, -0.05) is 26.7 Å². The Kier molecular flexibility index (Phi) is 4.99. The Labute approximate surface area is 124 Å². The van der Waals surface area contributed by atoms with E-state index in [0.717, 1.165) is 18.4 Å². The summed E-state index contributed by atoms with van der Waals surface area (Å²) in [5, 5.41) is 3.70. The van der Waals surface area contributed by atoms with E-state index in [1.807, 2.05) is 6.92 Å². The van der Waals surface area contributed by atoms with E-state index >= 15 is 0 Å². The van der Waals surface area contributed by atoms with Crippen molar-refractivity contribution >= 4 is 16.8 Å². The van der Waals surface area contributed by atoms with Gasteiger partial charge in [0.15, 0.2) is 0 Å². The lowest BCUT2D eigenvalue weighted by atomic mass is 10.0. The Balaban J connectivity index is 1.95. The summed E-state index contributed by atoms with van der Waals surface area (Å²) in [5.74, 6) is 0.260. The quantitative estimate of drug-likeness (QED) is 0.820. The normalized spacial score (nSPS) is 12.8. The molecule has 0 bridgehead atoms. The molecule has 0 aliphatic heterocycles. The molecule has 1 amide bonds. The molecule has 114 valence electrons. The first-order valence-corrected chi connectivity index (χ1v) is 7.55. The number of aromatic nitrogens is 1. The Morgan fingerprint density at radius 1 is 1.24 bits per heavy atom. The summed E-state index contributed by atoms with van der Waals surface area (Å²) in [5.41, 5.74) is 1.25. The van der Waals surface area contributed by atoms with Crippen LogP contribution in [0.1, 0.15) is 50.5 Å². The summed E-state index contributed by atoms with van der Waals surface area (Å²) < 4.78 is 13.1. The van der Waals surface area contributed by atoms with Crippen LogP contribution in [-0.4, -0.2) is 16.9 Å². The molecular weight excluding hydrogens is 267 g/mol. The average Bonchev–Trinajstić information content (AvgIpc) is 2.81. The number of amides is 1. The Bertz CT molecular complexity index is 618. The third-order valence-electron chi connectivity index (χ3n) is 3.62. The SMILES string of the molecule is CC(C)CCC[C@@H](C)NC(=O)c1cc2cc(F)ccc2[nH]1. The van der Waals surface area contributed by atoms with E-state index in [9.17, 15) is 9.18 Å². The van der Waals surface area contributed by atoms with Gasteiger partial charge in [0.1, 0.15) is 11.5 Å². The molecule has 0 aliphatic carbocycles. The number of hydrogen-bond donors (Lipinski definition) is 2. The van der Waals surface area contributed by atoms with Crippen molar-refractivity contribution in [3.05, 3.63) is 35.8 Å². The minimum Gasteiger partial charge on any atom is -0.351 e. The van der Waals surface area contributed by atoms with E-state index in [1.165, 1.54) is 18.6 Å². The van der Waals surface area contributed by atoms with E-state index in [2.05, 4.69) is 24.1 Å². The summed E-state index contributed by atoms with van der Waals surface area (Å²) in [6.45, 7) is 6.42. The van der Waals surface area contributed by atoms with Crippen molar-refractivity contribution in [1.29, 1.82) is 0 Å². The van der Waals surface area contributed by atoms with Crippen molar-refractivity contribution in [3.63, 3.8) is 0 Å². The van der Waals surface area contributed by atoms with Gasteiger partial charge >= 0.3 is 0 Å². The smallest absolute Gasteiger partial charge is 0.267 e. The third kappa shape index (κ3) is 4.31. The van der Waals surface area contributed by atoms with Crippen LogP contribution in [0.15, 0.2) is 24.3 Å². The zero-order valence-electron chi connectivity index (χ0n) is 12.9. The topological polar surface area (TPSA) is 44.9 Å². The third-order valence-corrected chi connectivity index (χ3v) is 3.62. The highest BCUT2D eigenvalue weighted by atomic mass is 19.1. The van der Waals surface area contributed by atoms with Crippen LogP contribution in [0.2, 0.25) is 0 Å². The van der Waals surface area contributed by atoms with Gasteiger partial charge in [-0.25, -0.2) is 4.39 Å². The maximum Gasteiger partial charge on any atom is 0.267 e. The summed E-state index contributed by atoms with van der Waals surface area (Å²) in [6.07, 6.45) is 3.25. The van der Waals surface area contributed by atoms with Gasteiger partial charge in [0.05, 0.1) is 0 Å². The first kappa shape index (κ1) is 15.5. The zero-order chi connectivity index (χ0) is 15.4. The second kappa shape index (κ2) is 6.74. The summed E-state index contributed by atoms with van der Waals surface area (Å²) in [6, 6.07) is 6.28. The fourth-order valence-electron chi connectivity index (χ4n) is 2.43. The fraction of sp³-hybridized carbons (Fsp3) is 0.471. The van der Waals surface area contributed by atoms with Crippen LogP contribution in [0.4, 0.5) is 4.39 Å². The number of aromatic amines is 1. The summed E-state index contributed by atoms with van der Waals surface area (Å²) in [4.78, 5) is 15.2. The van der Waals surface area contributed by atoms with Crippen molar-refractivity contribution in [2.75, 3.05) is 0 Å². The van der Waals surface area contributed by atoms with Crippen LogP contribution < -0.4 is 5.32 Å². The van der Waals surface area contributed by atoms with E-state index in [4.69, 9.17) is 0 Å². The minimum absolute atomic E-state index is 0.136. The Morgan fingerprint density at radius 2 is 2.00 bits per heavy atom. The van der Waals surface area contributed by atoms with Crippen LogP contribution in [0.3, 0.4) is 0 Å². The predicted octanol–water partition coefficient (Wildman–Crippen LogP) is 4.25. The Hall–Kier alpha value is -1.84. The van der Waals surface area contributed by atoms with Crippen LogP contribution in [0.5, 0.6) is 0 Å². The molecule has 0 radical (unpaired) electrons. The zero-order valence-corrected chi connectivity index (χ0v) is 12.9. The number of nitrogens with one attached hydrogen (secondary N) is 2. The number of halogens is 1. The molecule has 1 atom stereocenters. The van der Waals surface area contributed by atoms with E-state index in [1.54, 1.807) is 12.1 Å².